The predicted molar refractivity (Wildman–Crippen MR) is 84.8 cm³/mol. The molecule has 4 nitrogen and oxygen atoms in total. The van der Waals surface area contributed by atoms with E-state index in [2.05, 4.69) is 25.1 Å². The zero-order valence-electron chi connectivity index (χ0n) is 13.0. The molecule has 4 heteroatoms. The van der Waals surface area contributed by atoms with Crippen molar-refractivity contribution in [3.05, 3.63) is 59.2 Å². The Morgan fingerprint density at radius 2 is 1.77 bits per heavy atom. The number of rotatable bonds is 6. The van der Waals surface area contributed by atoms with Crippen molar-refractivity contribution in [3.8, 4) is 11.5 Å². The maximum absolute atomic E-state index is 10.5. The fourth-order valence-corrected chi connectivity index (χ4v) is 2.30. The first-order chi connectivity index (χ1) is 10.5. The number of hydrogen-bond acceptors (Lipinski definition) is 3. The monoisotopic (exact) mass is 300 g/mol. The van der Waals surface area contributed by atoms with Crippen LogP contribution in [-0.4, -0.2) is 24.8 Å². The Morgan fingerprint density at radius 1 is 1.14 bits per heavy atom. The number of carbonyl (C=O) groups is 1. The van der Waals surface area contributed by atoms with Crippen molar-refractivity contribution in [1.82, 2.24) is 0 Å². The summed E-state index contributed by atoms with van der Waals surface area (Å²) in [7, 11) is 1.67. The first kappa shape index (κ1) is 15.9. The van der Waals surface area contributed by atoms with Crippen LogP contribution in [0, 0.1) is 6.92 Å². The van der Waals surface area contributed by atoms with Crippen molar-refractivity contribution < 1.29 is 19.4 Å². The van der Waals surface area contributed by atoms with Gasteiger partial charge in [0.25, 0.3) is 0 Å². The van der Waals surface area contributed by atoms with Crippen LogP contribution in [0.4, 0.5) is 0 Å². The highest BCUT2D eigenvalue weighted by Crippen LogP contribution is 2.29. The smallest absolute Gasteiger partial charge is 0.341 e. The molecule has 0 aliphatic carbocycles. The van der Waals surface area contributed by atoms with Gasteiger partial charge >= 0.3 is 5.97 Å². The molecule has 2 rings (SSSR count). The lowest BCUT2D eigenvalue weighted by Gasteiger charge is -2.15. The van der Waals surface area contributed by atoms with E-state index in [1.165, 1.54) is 5.56 Å². The van der Waals surface area contributed by atoms with E-state index in [0.717, 1.165) is 16.9 Å². The highest BCUT2D eigenvalue weighted by atomic mass is 16.5. The normalized spacial score (nSPS) is 11.8. The Hall–Kier alpha value is -2.49. The minimum Gasteiger partial charge on any atom is -0.496 e. The summed E-state index contributed by atoms with van der Waals surface area (Å²) in [6.45, 7) is 3.81. The van der Waals surface area contributed by atoms with Gasteiger partial charge in [0.15, 0.2) is 6.61 Å². The highest BCUT2D eigenvalue weighted by molar-refractivity contribution is 5.68. The van der Waals surface area contributed by atoms with Gasteiger partial charge < -0.3 is 14.6 Å². The van der Waals surface area contributed by atoms with Gasteiger partial charge in [0, 0.05) is 5.92 Å². The van der Waals surface area contributed by atoms with E-state index in [4.69, 9.17) is 14.6 Å². The van der Waals surface area contributed by atoms with Crippen LogP contribution >= 0.6 is 0 Å². The molecule has 1 atom stereocenters. The summed E-state index contributed by atoms with van der Waals surface area (Å²) in [5.41, 5.74) is 3.41. The molecule has 0 saturated heterocycles. The molecular weight excluding hydrogens is 280 g/mol. The van der Waals surface area contributed by atoms with E-state index in [1.54, 1.807) is 19.2 Å². The number of aryl methyl sites for hydroxylation is 1. The van der Waals surface area contributed by atoms with Gasteiger partial charge in [-0.25, -0.2) is 4.79 Å². The predicted octanol–water partition coefficient (Wildman–Crippen LogP) is 3.62. The summed E-state index contributed by atoms with van der Waals surface area (Å²) in [4.78, 5) is 10.5. The van der Waals surface area contributed by atoms with Crippen molar-refractivity contribution in [2.24, 2.45) is 0 Å². The summed E-state index contributed by atoms with van der Waals surface area (Å²) < 4.78 is 10.5. The quantitative estimate of drug-likeness (QED) is 0.885. The van der Waals surface area contributed by atoms with Crippen molar-refractivity contribution >= 4 is 5.97 Å². The number of ether oxygens (including phenoxy) is 2. The lowest BCUT2D eigenvalue weighted by Crippen LogP contribution is -2.09. The van der Waals surface area contributed by atoms with E-state index in [1.807, 2.05) is 19.1 Å². The van der Waals surface area contributed by atoms with Gasteiger partial charge in [0.1, 0.15) is 11.5 Å². The molecule has 116 valence electrons. The van der Waals surface area contributed by atoms with Gasteiger partial charge in [-0.15, -0.1) is 0 Å². The maximum atomic E-state index is 10.5. The molecule has 0 heterocycles. The van der Waals surface area contributed by atoms with Crippen LogP contribution < -0.4 is 9.47 Å². The number of methoxy groups -OCH3 is 1. The van der Waals surface area contributed by atoms with Crippen molar-refractivity contribution in [3.63, 3.8) is 0 Å². The molecule has 1 N–H and O–H groups in total. The third-order valence-corrected chi connectivity index (χ3v) is 3.67. The second-order valence-electron chi connectivity index (χ2n) is 5.20. The van der Waals surface area contributed by atoms with Crippen LogP contribution in [-0.2, 0) is 4.79 Å². The third-order valence-electron chi connectivity index (χ3n) is 3.67. The lowest BCUT2D eigenvalue weighted by molar-refractivity contribution is -0.139. The average molecular weight is 300 g/mol. The van der Waals surface area contributed by atoms with Gasteiger partial charge in [0.05, 0.1) is 7.11 Å². The molecule has 2 aromatic rings. The summed E-state index contributed by atoms with van der Waals surface area (Å²) in [5.74, 6) is 0.665. The fraction of sp³-hybridized carbons (Fsp3) is 0.278. The fourth-order valence-electron chi connectivity index (χ4n) is 2.30. The van der Waals surface area contributed by atoms with Crippen molar-refractivity contribution in [2.45, 2.75) is 19.8 Å². The molecule has 0 saturated carbocycles. The topological polar surface area (TPSA) is 55.8 Å². The summed E-state index contributed by atoms with van der Waals surface area (Å²) in [5, 5.41) is 8.60. The number of carboxylic acids is 1. The molecule has 2 aromatic carbocycles. The second kappa shape index (κ2) is 6.98. The van der Waals surface area contributed by atoms with Crippen LogP contribution in [0.5, 0.6) is 11.5 Å². The number of benzene rings is 2. The van der Waals surface area contributed by atoms with Crippen LogP contribution in [0.2, 0.25) is 0 Å². The summed E-state index contributed by atoms with van der Waals surface area (Å²) in [6.07, 6.45) is 0. The van der Waals surface area contributed by atoms with Gasteiger partial charge in [-0.05, 0) is 41.8 Å². The largest absolute Gasteiger partial charge is 0.496 e. The first-order valence-corrected chi connectivity index (χ1v) is 7.10. The van der Waals surface area contributed by atoms with Crippen LogP contribution in [0.15, 0.2) is 42.5 Å². The minimum atomic E-state index is -0.982. The minimum absolute atomic E-state index is 0.211. The van der Waals surface area contributed by atoms with Gasteiger partial charge in [0.2, 0.25) is 0 Å². The molecule has 0 fully saturated rings. The zero-order valence-corrected chi connectivity index (χ0v) is 13.0. The van der Waals surface area contributed by atoms with E-state index < -0.39 is 5.97 Å². The van der Waals surface area contributed by atoms with Gasteiger partial charge in [-0.3, -0.25) is 0 Å². The van der Waals surface area contributed by atoms with Crippen LogP contribution in [0.1, 0.15) is 29.5 Å². The maximum Gasteiger partial charge on any atom is 0.341 e. The van der Waals surface area contributed by atoms with E-state index >= 15 is 0 Å². The Morgan fingerprint density at radius 3 is 2.36 bits per heavy atom. The second-order valence-corrected chi connectivity index (χ2v) is 5.20. The Bertz CT molecular complexity index is 647. The van der Waals surface area contributed by atoms with E-state index in [-0.39, 0.29) is 12.5 Å². The molecule has 0 bridgehead atoms. The highest BCUT2D eigenvalue weighted by Gasteiger charge is 2.11. The van der Waals surface area contributed by atoms with Crippen molar-refractivity contribution in [1.29, 1.82) is 0 Å². The molecule has 0 unspecified atom stereocenters. The third kappa shape index (κ3) is 3.79. The van der Waals surface area contributed by atoms with Crippen LogP contribution in [0.3, 0.4) is 0 Å². The van der Waals surface area contributed by atoms with E-state index in [0.29, 0.717) is 5.75 Å². The van der Waals surface area contributed by atoms with Gasteiger partial charge in [-0.2, -0.15) is 0 Å². The lowest BCUT2D eigenvalue weighted by atomic mass is 9.92. The summed E-state index contributed by atoms with van der Waals surface area (Å²) in [6, 6.07) is 13.7. The Kier molecular flexibility index (Phi) is 5.04. The number of hydrogen-bond donors (Lipinski definition) is 1. The average Bonchev–Trinajstić information content (AvgIpc) is 2.53. The first-order valence-electron chi connectivity index (χ1n) is 7.10. The van der Waals surface area contributed by atoms with Crippen LogP contribution in [0.25, 0.3) is 0 Å². The molecule has 0 aliphatic heterocycles. The number of aliphatic carboxylic acids is 1. The standard InChI is InChI=1S/C18H20O4/c1-12-4-5-15(10-17(12)21-3)13(2)14-6-8-16(9-7-14)22-11-18(19)20/h4-10,13H,11H2,1-3H3,(H,19,20)/t13-/m1/s1. The van der Waals surface area contributed by atoms with Gasteiger partial charge in [-0.1, -0.05) is 31.2 Å². The Balaban J connectivity index is 2.15. The molecule has 22 heavy (non-hydrogen) atoms. The molecule has 0 aliphatic rings. The number of carboxylic acid groups (broad SMARTS) is 1. The zero-order chi connectivity index (χ0) is 16.1. The van der Waals surface area contributed by atoms with E-state index in [9.17, 15) is 4.79 Å². The molecular formula is C18H20O4. The molecule has 0 radical (unpaired) electrons. The molecule has 0 amide bonds. The summed E-state index contributed by atoms with van der Waals surface area (Å²) >= 11 is 0. The van der Waals surface area contributed by atoms with Crippen molar-refractivity contribution in [2.75, 3.05) is 13.7 Å². The molecule has 0 aromatic heterocycles. The molecule has 0 spiro atoms. The Labute approximate surface area is 130 Å². The SMILES string of the molecule is COc1cc([C@H](C)c2ccc(OCC(=O)O)cc2)ccc1C.